The number of nitrogens with zero attached hydrogens (tertiary/aromatic N) is 1. The molecule has 47 heavy (non-hydrogen) atoms. The second-order valence-corrected chi connectivity index (χ2v) is 12.1. The summed E-state index contributed by atoms with van der Waals surface area (Å²) in [6.07, 6.45) is -0.877. The number of ether oxygens (including phenoxy) is 5. The van der Waals surface area contributed by atoms with Crippen LogP contribution < -0.4 is 23.8 Å². The quantitative estimate of drug-likeness (QED) is 0.114. The van der Waals surface area contributed by atoms with Crippen LogP contribution >= 0.6 is 23.2 Å². The van der Waals surface area contributed by atoms with Crippen molar-refractivity contribution in [3.63, 3.8) is 0 Å². The van der Waals surface area contributed by atoms with Gasteiger partial charge < -0.3 is 23.7 Å². The molecule has 0 bridgehead atoms. The zero-order valence-electron chi connectivity index (χ0n) is 26.9. The Kier molecular flexibility index (Phi) is 11.4. The summed E-state index contributed by atoms with van der Waals surface area (Å²) in [5, 5.41) is 0.0557. The molecule has 4 aromatic rings. The molecule has 0 aliphatic rings. The highest BCUT2D eigenvalue weighted by atomic mass is 35.5. The number of amides is 1. The van der Waals surface area contributed by atoms with Crippen molar-refractivity contribution in [2.45, 2.75) is 33.1 Å². The molecule has 0 N–H and O–H groups in total. The van der Waals surface area contributed by atoms with Crippen molar-refractivity contribution in [3.05, 3.63) is 106 Å². The van der Waals surface area contributed by atoms with Gasteiger partial charge in [-0.25, -0.2) is 4.79 Å². The van der Waals surface area contributed by atoms with E-state index in [1.807, 2.05) is 12.1 Å². The van der Waals surface area contributed by atoms with Crippen LogP contribution in [-0.2, 0) is 14.9 Å². The van der Waals surface area contributed by atoms with E-state index in [2.05, 4.69) is 20.8 Å². The van der Waals surface area contributed by atoms with E-state index in [9.17, 15) is 14.4 Å². The van der Waals surface area contributed by atoms with E-state index in [-0.39, 0.29) is 56.3 Å². The normalized spacial score (nSPS) is 11.0. The van der Waals surface area contributed by atoms with Gasteiger partial charge in [0.25, 0.3) is 0 Å². The first-order chi connectivity index (χ1) is 22.3. The number of ketones is 1. The van der Waals surface area contributed by atoms with Crippen LogP contribution in [0, 0.1) is 0 Å². The molecule has 4 rings (SSSR count). The average molecular weight is 681 g/mol. The van der Waals surface area contributed by atoms with Crippen molar-refractivity contribution in [1.82, 2.24) is 0 Å². The summed E-state index contributed by atoms with van der Waals surface area (Å²) >= 11 is 13.2. The van der Waals surface area contributed by atoms with Crippen LogP contribution in [0.3, 0.4) is 0 Å². The minimum atomic E-state index is -0.877. The van der Waals surface area contributed by atoms with Gasteiger partial charge >= 0.3 is 12.1 Å². The second-order valence-electron chi connectivity index (χ2n) is 11.3. The van der Waals surface area contributed by atoms with Crippen molar-refractivity contribution in [2.75, 3.05) is 32.3 Å². The molecular weight excluding hydrogens is 645 g/mol. The van der Waals surface area contributed by atoms with E-state index in [1.165, 1.54) is 26.4 Å². The summed E-state index contributed by atoms with van der Waals surface area (Å²) in [6, 6.07) is 21.3. The lowest BCUT2D eigenvalue weighted by Crippen LogP contribution is -2.38. The van der Waals surface area contributed by atoms with Crippen molar-refractivity contribution in [3.8, 4) is 28.7 Å². The standard InChI is InChI=1S/C36H35Cl2NO8/c1-7-45-32(40)21-39(35(42)47-26-14-12-25(43-5)13-15-26)24-18-29(37)34(30(38)19-24)46-27-16-17-31(44-6)28(20-27)33(41)22-8-10-23(11-9-22)36(2,3)4/h8-20H,7,21H2,1-6H3. The summed E-state index contributed by atoms with van der Waals surface area (Å²) < 4.78 is 27.2. The Morgan fingerprint density at radius 3 is 1.91 bits per heavy atom. The highest BCUT2D eigenvalue weighted by Gasteiger charge is 2.25. The van der Waals surface area contributed by atoms with Gasteiger partial charge in [0.05, 0.1) is 42.1 Å². The highest BCUT2D eigenvalue weighted by Crippen LogP contribution is 2.41. The smallest absolute Gasteiger partial charge is 0.420 e. The van der Waals surface area contributed by atoms with Gasteiger partial charge in [0.15, 0.2) is 11.5 Å². The lowest BCUT2D eigenvalue weighted by molar-refractivity contribution is -0.141. The predicted molar refractivity (Wildman–Crippen MR) is 181 cm³/mol. The molecule has 0 heterocycles. The fourth-order valence-corrected chi connectivity index (χ4v) is 5.07. The van der Waals surface area contributed by atoms with Gasteiger partial charge in [-0.3, -0.25) is 14.5 Å². The molecule has 0 saturated carbocycles. The SMILES string of the molecule is CCOC(=O)CN(C(=O)Oc1ccc(OC)cc1)c1cc(Cl)c(Oc2ccc(OC)c(C(=O)c3ccc(C(C)(C)C)cc3)c2)c(Cl)c1. The molecule has 9 nitrogen and oxygen atoms in total. The second kappa shape index (κ2) is 15.2. The first-order valence-electron chi connectivity index (χ1n) is 14.6. The van der Waals surface area contributed by atoms with Gasteiger partial charge in [-0.05, 0) is 72.5 Å². The van der Waals surface area contributed by atoms with E-state index in [1.54, 1.807) is 61.5 Å². The van der Waals surface area contributed by atoms with Crippen LogP contribution in [0.1, 0.15) is 49.2 Å². The van der Waals surface area contributed by atoms with Gasteiger partial charge in [0, 0.05) is 5.56 Å². The van der Waals surface area contributed by atoms with Crippen LogP contribution in [-0.4, -0.2) is 45.2 Å². The van der Waals surface area contributed by atoms with Crippen LogP contribution in [0.5, 0.6) is 28.7 Å². The molecule has 4 aromatic carbocycles. The van der Waals surface area contributed by atoms with E-state index in [0.29, 0.717) is 17.1 Å². The zero-order chi connectivity index (χ0) is 34.3. The maximum Gasteiger partial charge on any atom is 0.420 e. The number of hydrogen-bond acceptors (Lipinski definition) is 8. The maximum absolute atomic E-state index is 13.5. The Morgan fingerprint density at radius 1 is 0.766 bits per heavy atom. The summed E-state index contributed by atoms with van der Waals surface area (Å²) in [5.74, 6) is 0.552. The highest BCUT2D eigenvalue weighted by molar-refractivity contribution is 6.37. The molecule has 0 aromatic heterocycles. The molecule has 0 aliphatic carbocycles. The van der Waals surface area contributed by atoms with Gasteiger partial charge in [-0.1, -0.05) is 68.2 Å². The summed E-state index contributed by atoms with van der Waals surface area (Å²) in [6.45, 7) is 7.59. The molecule has 0 saturated heterocycles. The number of rotatable bonds is 11. The van der Waals surface area contributed by atoms with Gasteiger partial charge in [0.2, 0.25) is 0 Å². The molecule has 11 heteroatoms. The van der Waals surface area contributed by atoms with E-state index in [4.69, 9.17) is 46.9 Å². The molecule has 0 atom stereocenters. The predicted octanol–water partition coefficient (Wildman–Crippen LogP) is 8.90. The lowest BCUT2D eigenvalue weighted by Gasteiger charge is -2.22. The number of anilines is 1. The Morgan fingerprint density at radius 2 is 1.36 bits per heavy atom. The molecule has 0 unspecified atom stereocenters. The number of halogens is 2. The van der Waals surface area contributed by atoms with Crippen molar-refractivity contribution in [1.29, 1.82) is 0 Å². The van der Waals surface area contributed by atoms with Crippen LogP contribution in [0.4, 0.5) is 10.5 Å². The molecule has 0 spiro atoms. The number of carbonyl (C=O) groups is 3. The molecule has 0 fully saturated rings. The molecule has 0 radical (unpaired) electrons. The molecule has 246 valence electrons. The number of hydrogen-bond donors (Lipinski definition) is 0. The topological polar surface area (TPSA) is 101 Å². The Labute approximate surface area is 283 Å². The minimum absolute atomic E-state index is 0.0278. The fourth-order valence-electron chi connectivity index (χ4n) is 4.52. The number of carbonyl (C=O) groups excluding carboxylic acids is 3. The Bertz CT molecular complexity index is 1730. The first kappa shape index (κ1) is 35.1. The molecular formula is C36H35Cl2NO8. The Balaban J connectivity index is 1.62. The van der Waals surface area contributed by atoms with Gasteiger partial charge in [-0.2, -0.15) is 0 Å². The molecule has 0 aliphatic heterocycles. The van der Waals surface area contributed by atoms with Crippen LogP contribution in [0.2, 0.25) is 10.0 Å². The summed E-state index contributed by atoms with van der Waals surface area (Å²) in [7, 11) is 2.99. The summed E-state index contributed by atoms with van der Waals surface area (Å²) in [5.41, 5.74) is 1.95. The number of methoxy groups -OCH3 is 2. The zero-order valence-corrected chi connectivity index (χ0v) is 28.4. The Hall–Kier alpha value is -4.73. The third-order valence-electron chi connectivity index (χ3n) is 7.02. The van der Waals surface area contributed by atoms with E-state index >= 15 is 0 Å². The van der Waals surface area contributed by atoms with E-state index < -0.39 is 18.6 Å². The monoisotopic (exact) mass is 679 g/mol. The third-order valence-corrected chi connectivity index (χ3v) is 7.58. The molecule has 1 amide bonds. The number of esters is 1. The van der Waals surface area contributed by atoms with Crippen LogP contribution in [0.15, 0.2) is 78.9 Å². The number of benzene rings is 4. The van der Waals surface area contributed by atoms with Gasteiger partial charge in [-0.15, -0.1) is 0 Å². The average Bonchev–Trinajstić information content (AvgIpc) is 3.05. The van der Waals surface area contributed by atoms with Crippen molar-refractivity contribution in [2.24, 2.45) is 0 Å². The van der Waals surface area contributed by atoms with E-state index in [0.717, 1.165) is 10.5 Å². The van der Waals surface area contributed by atoms with Gasteiger partial charge in [0.1, 0.15) is 29.5 Å². The fraction of sp³-hybridized carbons (Fsp3) is 0.250. The first-order valence-corrected chi connectivity index (χ1v) is 15.4. The third kappa shape index (κ3) is 8.75. The van der Waals surface area contributed by atoms with Crippen molar-refractivity contribution < 1.29 is 38.1 Å². The summed E-state index contributed by atoms with van der Waals surface area (Å²) in [4.78, 5) is 40.3. The van der Waals surface area contributed by atoms with Crippen molar-refractivity contribution >= 4 is 46.7 Å². The largest absolute Gasteiger partial charge is 0.497 e. The minimum Gasteiger partial charge on any atom is -0.497 e. The maximum atomic E-state index is 13.5. The van der Waals surface area contributed by atoms with Crippen LogP contribution in [0.25, 0.3) is 0 Å². The lowest BCUT2D eigenvalue weighted by atomic mass is 9.86.